The molecule has 162 valence electrons. The minimum absolute atomic E-state index is 0.0400. The molecular weight excluding hydrogens is 372 g/mol. The van der Waals surface area contributed by atoms with Gasteiger partial charge in [0.1, 0.15) is 17.9 Å². The van der Waals surface area contributed by atoms with Crippen LogP contribution in [0.2, 0.25) is 0 Å². The Labute approximate surface area is 181 Å². The normalized spacial score (nSPS) is 27.6. The van der Waals surface area contributed by atoms with E-state index in [2.05, 4.69) is 52.8 Å². The summed E-state index contributed by atoms with van der Waals surface area (Å²) in [6.07, 6.45) is 11.6. The molecule has 4 atom stereocenters. The van der Waals surface area contributed by atoms with Crippen LogP contribution in [0.5, 0.6) is 5.75 Å². The topological polar surface area (TPSA) is 46.5 Å². The van der Waals surface area contributed by atoms with Crippen molar-refractivity contribution in [1.29, 1.82) is 0 Å². The number of hydrogen-bond donors (Lipinski definition) is 1. The number of benzene rings is 1. The molecule has 0 aromatic heterocycles. The first kappa shape index (κ1) is 22.4. The van der Waals surface area contributed by atoms with Crippen molar-refractivity contribution in [2.45, 2.75) is 60.3 Å². The summed E-state index contributed by atoms with van der Waals surface area (Å²) in [7, 11) is 0. The SMILES string of the molecule is CCC(C)C1(C)C=C(COC(=O)c2ccccc2O)C(C2CCC(C)=CC2C)=CC1. The Bertz CT molecular complexity index is 876. The molecule has 0 spiro atoms. The molecule has 1 aromatic rings. The van der Waals surface area contributed by atoms with Crippen molar-refractivity contribution >= 4 is 5.97 Å². The fourth-order valence-electron chi connectivity index (χ4n) is 4.93. The molecule has 0 saturated heterocycles. The van der Waals surface area contributed by atoms with Crippen LogP contribution in [0.15, 0.2) is 59.2 Å². The van der Waals surface area contributed by atoms with Crippen molar-refractivity contribution in [3.8, 4) is 5.75 Å². The first-order valence-corrected chi connectivity index (χ1v) is 11.3. The van der Waals surface area contributed by atoms with Gasteiger partial charge in [-0.05, 0) is 72.6 Å². The third-order valence-electron chi connectivity index (χ3n) is 7.29. The van der Waals surface area contributed by atoms with E-state index >= 15 is 0 Å². The van der Waals surface area contributed by atoms with Crippen molar-refractivity contribution in [2.24, 2.45) is 23.2 Å². The van der Waals surface area contributed by atoms with E-state index in [0.717, 1.165) is 31.3 Å². The van der Waals surface area contributed by atoms with Crippen LogP contribution in [0.1, 0.15) is 70.7 Å². The van der Waals surface area contributed by atoms with Gasteiger partial charge in [-0.1, -0.05) is 70.0 Å². The minimum atomic E-state index is -0.475. The van der Waals surface area contributed by atoms with Crippen LogP contribution in [0.4, 0.5) is 0 Å². The molecule has 4 unspecified atom stereocenters. The third kappa shape index (κ3) is 4.71. The van der Waals surface area contributed by atoms with Gasteiger partial charge in [-0.2, -0.15) is 0 Å². The lowest BCUT2D eigenvalue weighted by atomic mass is 9.66. The predicted molar refractivity (Wildman–Crippen MR) is 122 cm³/mol. The lowest BCUT2D eigenvalue weighted by molar-refractivity contribution is 0.0534. The number of aromatic hydroxyl groups is 1. The van der Waals surface area contributed by atoms with Crippen molar-refractivity contribution in [1.82, 2.24) is 0 Å². The van der Waals surface area contributed by atoms with Crippen LogP contribution >= 0.6 is 0 Å². The highest BCUT2D eigenvalue weighted by Gasteiger charge is 2.35. The number of esters is 1. The average Bonchev–Trinajstić information content (AvgIpc) is 2.72. The maximum Gasteiger partial charge on any atom is 0.342 e. The monoisotopic (exact) mass is 408 g/mol. The highest BCUT2D eigenvalue weighted by Crippen LogP contribution is 2.45. The molecule has 30 heavy (non-hydrogen) atoms. The second-order valence-electron chi connectivity index (χ2n) is 9.46. The Hall–Kier alpha value is -2.29. The van der Waals surface area contributed by atoms with E-state index in [1.807, 2.05) is 0 Å². The second kappa shape index (κ2) is 9.24. The van der Waals surface area contributed by atoms with Crippen LogP contribution in [-0.4, -0.2) is 17.7 Å². The Morgan fingerprint density at radius 2 is 2.07 bits per heavy atom. The summed E-state index contributed by atoms with van der Waals surface area (Å²) in [6, 6.07) is 6.55. The van der Waals surface area contributed by atoms with E-state index in [9.17, 15) is 9.90 Å². The van der Waals surface area contributed by atoms with Gasteiger partial charge in [0, 0.05) is 0 Å². The van der Waals surface area contributed by atoms with E-state index in [4.69, 9.17) is 4.74 Å². The molecule has 3 heteroatoms. The van der Waals surface area contributed by atoms with Gasteiger partial charge in [-0.25, -0.2) is 4.79 Å². The first-order valence-electron chi connectivity index (χ1n) is 11.3. The summed E-state index contributed by atoms with van der Waals surface area (Å²) >= 11 is 0. The number of para-hydroxylation sites is 1. The lowest BCUT2D eigenvalue weighted by Crippen LogP contribution is -2.29. The van der Waals surface area contributed by atoms with Gasteiger partial charge < -0.3 is 9.84 Å². The molecule has 0 bridgehead atoms. The van der Waals surface area contributed by atoms with Crippen LogP contribution in [-0.2, 0) is 4.74 Å². The number of allylic oxidation sites excluding steroid dienone is 4. The number of rotatable bonds is 6. The average molecular weight is 409 g/mol. The molecule has 0 radical (unpaired) electrons. The van der Waals surface area contributed by atoms with Gasteiger partial charge in [0.15, 0.2) is 0 Å². The zero-order chi connectivity index (χ0) is 21.9. The zero-order valence-electron chi connectivity index (χ0n) is 19.1. The molecule has 0 aliphatic heterocycles. The predicted octanol–water partition coefficient (Wildman–Crippen LogP) is 6.85. The fourth-order valence-corrected chi connectivity index (χ4v) is 4.93. The Morgan fingerprint density at radius 3 is 2.73 bits per heavy atom. The van der Waals surface area contributed by atoms with Crippen molar-refractivity contribution in [2.75, 3.05) is 6.61 Å². The largest absolute Gasteiger partial charge is 0.507 e. The van der Waals surface area contributed by atoms with E-state index in [1.165, 1.54) is 17.2 Å². The molecule has 2 aliphatic carbocycles. The zero-order valence-corrected chi connectivity index (χ0v) is 19.1. The molecule has 3 nitrogen and oxygen atoms in total. The van der Waals surface area contributed by atoms with Crippen LogP contribution < -0.4 is 0 Å². The summed E-state index contributed by atoms with van der Waals surface area (Å²) in [5, 5.41) is 9.99. The Balaban J connectivity index is 1.85. The van der Waals surface area contributed by atoms with Gasteiger partial charge in [0.05, 0.1) is 0 Å². The van der Waals surface area contributed by atoms with Gasteiger partial charge in [-0.3, -0.25) is 0 Å². The fraction of sp³-hybridized carbons (Fsp3) is 0.519. The number of carbonyl (C=O) groups is 1. The number of hydrogen-bond acceptors (Lipinski definition) is 3. The number of carbonyl (C=O) groups excluding carboxylic acids is 1. The lowest BCUT2D eigenvalue weighted by Gasteiger charge is -2.39. The molecular formula is C27H36O3. The molecule has 3 rings (SSSR count). The number of ether oxygens (including phenoxy) is 1. The standard InChI is InChI=1S/C27H36O3/c1-6-20(4)27(5)14-13-23(22-12-11-18(2)15-19(22)3)21(16-27)17-30-26(29)24-9-7-8-10-25(24)28/h7-10,13,15-16,19-20,22,28H,6,11-12,14,17H2,1-5H3. The quantitative estimate of drug-likeness (QED) is 0.413. The van der Waals surface area contributed by atoms with Gasteiger partial charge >= 0.3 is 5.97 Å². The second-order valence-corrected chi connectivity index (χ2v) is 9.46. The molecule has 0 amide bonds. The minimum Gasteiger partial charge on any atom is -0.507 e. The third-order valence-corrected chi connectivity index (χ3v) is 7.29. The maximum atomic E-state index is 12.6. The molecule has 2 aliphatic rings. The Morgan fingerprint density at radius 1 is 1.33 bits per heavy atom. The Kier molecular flexibility index (Phi) is 6.90. The molecule has 0 heterocycles. The van der Waals surface area contributed by atoms with Crippen LogP contribution in [0.25, 0.3) is 0 Å². The maximum absolute atomic E-state index is 12.6. The summed E-state index contributed by atoms with van der Waals surface area (Å²) < 4.78 is 5.71. The highest BCUT2D eigenvalue weighted by atomic mass is 16.5. The van der Waals surface area contributed by atoms with Crippen molar-refractivity contribution < 1.29 is 14.6 Å². The molecule has 1 aromatic carbocycles. The summed E-state index contributed by atoms with van der Waals surface area (Å²) in [4.78, 5) is 12.6. The van der Waals surface area contributed by atoms with Crippen LogP contribution in [0.3, 0.4) is 0 Å². The summed E-state index contributed by atoms with van der Waals surface area (Å²) in [5.74, 6) is 0.976. The molecule has 0 fully saturated rings. The van der Waals surface area contributed by atoms with E-state index in [1.54, 1.807) is 18.2 Å². The van der Waals surface area contributed by atoms with Crippen molar-refractivity contribution in [3.05, 3.63) is 64.8 Å². The highest BCUT2D eigenvalue weighted by molar-refractivity contribution is 5.92. The van der Waals surface area contributed by atoms with Gasteiger partial charge in [0.2, 0.25) is 0 Å². The van der Waals surface area contributed by atoms with Gasteiger partial charge in [0.25, 0.3) is 0 Å². The number of phenolic OH excluding ortho intramolecular Hbond substituents is 1. The van der Waals surface area contributed by atoms with E-state index in [-0.39, 0.29) is 23.3 Å². The van der Waals surface area contributed by atoms with Crippen LogP contribution in [0, 0.1) is 23.2 Å². The summed E-state index contributed by atoms with van der Waals surface area (Å²) in [6.45, 7) is 11.6. The van der Waals surface area contributed by atoms with Crippen molar-refractivity contribution in [3.63, 3.8) is 0 Å². The van der Waals surface area contributed by atoms with E-state index < -0.39 is 5.97 Å². The number of phenols is 1. The first-order chi connectivity index (χ1) is 14.2. The van der Waals surface area contributed by atoms with E-state index in [0.29, 0.717) is 17.8 Å². The molecule has 1 N–H and O–H groups in total. The van der Waals surface area contributed by atoms with Gasteiger partial charge in [-0.15, -0.1) is 0 Å². The smallest absolute Gasteiger partial charge is 0.342 e. The summed E-state index contributed by atoms with van der Waals surface area (Å²) in [5.41, 5.74) is 4.23. The molecule has 0 saturated carbocycles.